The lowest BCUT2D eigenvalue weighted by Crippen LogP contribution is -2.39. The number of aliphatic hydroxyl groups is 1. The molecule has 3 heteroatoms. The van der Waals surface area contributed by atoms with E-state index in [0.29, 0.717) is 18.8 Å². The molecular formula is C13H25NO2. The quantitative estimate of drug-likeness (QED) is 0.725. The summed E-state index contributed by atoms with van der Waals surface area (Å²) in [5.74, 6) is 0.808. The lowest BCUT2D eigenvalue weighted by Gasteiger charge is -2.28. The second kappa shape index (κ2) is 5.99. The molecule has 0 saturated heterocycles. The molecule has 0 spiro atoms. The monoisotopic (exact) mass is 227 g/mol. The average molecular weight is 227 g/mol. The van der Waals surface area contributed by atoms with Gasteiger partial charge in [-0.1, -0.05) is 19.8 Å². The zero-order chi connectivity index (χ0) is 11.4. The summed E-state index contributed by atoms with van der Waals surface area (Å²) in [6.45, 7) is 3.17. The van der Waals surface area contributed by atoms with Crippen LogP contribution < -0.4 is 5.32 Å². The van der Waals surface area contributed by atoms with Crippen LogP contribution in [0.5, 0.6) is 0 Å². The molecule has 2 aliphatic carbocycles. The van der Waals surface area contributed by atoms with Crippen LogP contribution in [0, 0.1) is 5.92 Å². The molecule has 2 aliphatic rings. The molecular weight excluding hydrogens is 202 g/mol. The van der Waals surface area contributed by atoms with Gasteiger partial charge in [-0.3, -0.25) is 0 Å². The Labute approximate surface area is 98.6 Å². The minimum atomic E-state index is 0.143. The summed E-state index contributed by atoms with van der Waals surface area (Å²) in [6.07, 6.45) is 8.00. The summed E-state index contributed by atoms with van der Waals surface area (Å²) in [4.78, 5) is 0. The zero-order valence-electron chi connectivity index (χ0n) is 10.3. The third-order valence-electron chi connectivity index (χ3n) is 3.69. The number of rotatable bonds is 6. The van der Waals surface area contributed by atoms with Gasteiger partial charge in [0.1, 0.15) is 0 Å². The summed E-state index contributed by atoms with van der Waals surface area (Å²) >= 11 is 0. The molecule has 0 aliphatic heterocycles. The summed E-state index contributed by atoms with van der Waals surface area (Å²) in [7, 11) is 0. The Kier molecular flexibility index (Phi) is 4.62. The highest BCUT2D eigenvalue weighted by Crippen LogP contribution is 2.26. The summed E-state index contributed by atoms with van der Waals surface area (Å²) in [6, 6.07) is 0.788. The van der Waals surface area contributed by atoms with Gasteiger partial charge in [-0.05, 0) is 31.6 Å². The second-order valence-corrected chi connectivity index (χ2v) is 5.55. The van der Waals surface area contributed by atoms with E-state index in [9.17, 15) is 5.11 Å². The Balaban J connectivity index is 1.63. The lowest BCUT2D eigenvalue weighted by molar-refractivity contribution is -0.00340. The largest absolute Gasteiger partial charge is 0.395 e. The predicted molar refractivity (Wildman–Crippen MR) is 64.4 cm³/mol. The minimum Gasteiger partial charge on any atom is -0.395 e. The zero-order valence-corrected chi connectivity index (χ0v) is 10.3. The van der Waals surface area contributed by atoms with Crippen molar-refractivity contribution in [3.05, 3.63) is 0 Å². The molecule has 16 heavy (non-hydrogen) atoms. The van der Waals surface area contributed by atoms with Crippen molar-refractivity contribution in [1.29, 1.82) is 0 Å². The van der Waals surface area contributed by atoms with Crippen molar-refractivity contribution >= 4 is 0 Å². The van der Waals surface area contributed by atoms with Crippen molar-refractivity contribution in [1.82, 2.24) is 5.32 Å². The van der Waals surface area contributed by atoms with E-state index in [-0.39, 0.29) is 12.6 Å². The van der Waals surface area contributed by atoms with Crippen molar-refractivity contribution in [2.24, 2.45) is 5.92 Å². The molecule has 0 bridgehead atoms. The van der Waals surface area contributed by atoms with Crippen LogP contribution in [-0.2, 0) is 4.74 Å². The maximum absolute atomic E-state index is 9.24. The molecule has 0 heterocycles. The van der Waals surface area contributed by atoms with E-state index < -0.39 is 0 Å². The third kappa shape index (κ3) is 4.04. The molecule has 2 saturated carbocycles. The van der Waals surface area contributed by atoms with Crippen molar-refractivity contribution in [3.8, 4) is 0 Å². The highest BCUT2D eigenvalue weighted by atomic mass is 16.5. The maximum Gasteiger partial charge on any atom is 0.0645 e. The maximum atomic E-state index is 9.24. The minimum absolute atomic E-state index is 0.143. The molecule has 3 atom stereocenters. The molecule has 0 amide bonds. The van der Waals surface area contributed by atoms with Crippen LogP contribution in [0.15, 0.2) is 0 Å². The SMILES string of the molecule is CC1CCCC(OCC(CO)NC2CC2)C1. The van der Waals surface area contributed by atoms with Crippen LogP contribution in [0.4, 0.5) is 0 Å². The molecule has 0 aromatic carbocycles. The van der Waals surface area contributed by atoms with Crippen LogP contribution in [0.3, 0.4) is 0 Å². The van der Waals surface area contributed by atoms with E-state index in [2.05, 4.69) is 12.2 Å². The van der Waals surface area contributed by atoms with Gasteiger partial charge in [-0.2, -0.15) is 0 Å². The van der Waals surface area contributed by atoms with Gasteiger partial charge < -0.3 is 15.2 Å². The van der Waals surface area contributed by atoms with Crippen molar-refractivity contribution in [3.63, 3.8) is 0 Å². The normalized spacial score (nSPS) is 32.6. The highest BCUT2D eigenvalue weighted by Gasteiger charge is 2.25. The van der Waals surface area contributed by atoms with Gasteiger partial charge in [0, 0.05) is 6.04 Å². The molecule has 0 radical (unpaired) electrons. The van der Waals surface area contributed by atoms with E-state index in [0.717, 1.165) is 5.92 Å². The van der Waals surface area contributed by atoms with Gasteiger partial charge >= 0.3 is 0 Å². The third-order valence-corrected chi connectivity index (χ3v) is 3.69. The molecule has 0 aromatic heterocycles. The number of hydrogen-bond donors (Lipinski definition) is 2. The fraction of sp³-hybridized carbons (Fsp3) is 1.00. The first-order valence-electron chi connectivity index (χ1n) is 6.76. The summed E-state index contributed by atoms with van der Waals surface area (Å²) in [5, 5.41) is 12.7. The van der Waals surface area contributed by atoms with Gasteiger partial charge in [-0.15, -0.1) is 0 Å². The average Bonchev–Trinajstić information content (AvgIpc) is 3.08. The lowest BCUT2D eigenvalue weighted by atomic mass is 9.89. The summed E-state index contributed by atoms with van der Waals surface area (Å²) in [5.41, 5.74) is 0. The van der Waals surface area contributed by atoms with Crippen LogP contribution >= 0.6 is 0 Å². The number of aliphatic hydroxyl groups excluding tert-OH is 1. The van der Waals surface area contributed by atoms with E-state index in [1.54, 1.807) is 0 Å². The predicted octanol–water partition coefficient (Wildman–Crippen LogP) is 1.69. The molecule has 2 N–H and O–H groups in total. The van der Waals surface area contributed by atoms with Gasteiger partial charge in [0.2, 0.25) is 0 Å². The number of nitrogens with one attached hydrogen (secondary N) is 1. The Morgan fingerprint density at radius 3 is 2.75 bits per heavy atom. The topological polar surface area (TPSA) is 41.5 Å². The molecule has 3 nitrogen and oxygen atoms in total. The van der Waals surface area contributed by atoms with E-state index in [4.69, 9.17) is 4.74 Å². The fourth-order valence-corrected chi connectivity index (χ4v) is 2.52. The molecule has 0 aromatic rings. The van der Waals surface area contributed by atoms with Crippen molar-refractivity contribution in [2.45, 2.75) is 63.6 Å². The molecule has 3 unspecified atom stereocenters. The Morgan fingerprint density at radius 1 is 1.31 bits per heavy atom. The van der Waals surface area contributed by atoms with E-state index in [1.807, 2.05) is 0 Å². The van der Waals surface area contributed by atoms with E-state index >= 15 is 0 Å². The smallest absolute Gasteiger partial charge is 0.0645 e. The standard InChI is InChI=1S/C13H25NO2/c1-10-3-2-4-13(7-10)16-9-12(8-15)14-11-5-6-11/h10-15H,2-9H2,1H3. The second-order valence-electron chi connectivity index (χ2n) is 5.55. The first-order valence-corrected chi connectivity index (χ1v) is 6.76. The Morgan fingerprint density at radius 2 is 2.12 bits per heavy atom. The van der Waals surface area contributed by atoms with Gasteiger partial charge in [0.25, 0.3) is 0 Å². The van der Waals surface area contributed by atoms with Gasteiger partial charge in [0.05, 0.1) is 25.4 Å². The number of hydrogen-bond acceptors (Lipinski definition) is 3. The van der Waals surface area contributed by atoms with Crippen molar-refractivity contribution < 1.29 is 9.84 Å². The van der Waals surface area contributed by atoms with E-state index in [1.165, 1.54) is 38.5 Å². The highest BCUT2D eigenvalue weighted by molar-refractivity contribution is 4.84. The first kappa shape index (κ1) is 12.3. The Bertz CT molecular complexity index is 202. The summed E-state index contributed by atoms with van der Waals surface area (Å²) < 4.78 is 5.91. The van der Waals surface area contributed by atoms with Crippen LogP contribution in [0.25, 0.3) is 0 Å². The van der Waals surface area contributed by atoms with Crippen molar-refractivity contribution in [2.75, 3.05) is 13.2 Å². The van der Waals surface area contributed by atoms with Crippen LogP contribution in [0.1, 0.15) is 45.4 Å². The number of ether oxygens (including phenoxy) is 1. The van der Waals surface area contributed by atoms with Crippen LogP contribution in [-0.4, -0.2) is 36.5 Å². The molecule has 2 rings (SSSR count). The van der Waals surface area contributed by atoms with Crippen LogP contribution in [0.2, 0.25) is 0 Å². The Hall–Kier alpha value is -0.120. The van der Waals surface area contributed by atoms with Gasteiger partial charge in [0.15, 0.2) is 0 Å². The first-order chi connectivity index (χ1) is 7.78. The van der Waals surface area contributed by atoms with Gasteiger partial charge in [-0.25, -0.2) is 0 Å². The fourth-order valence-electron chi connectivity index (χ4n) is 2.52. The molecule has 94 valence electrons. The molecule has 2 fully saturated rings.